The summed E-state index contributed by atoms with van der Waals surface area (Å²) in [5, 5.41) is 15.2. The Morgan fingerprint density at radius 3 is 1.13 bits per heavy atom. The molecule has 0 bridgehead atoms. The highest BCUT2D eigenvalue weighted by molar-refractivity contribution is 6.23. The number of hydrogen-bond donors (Lipinski definition) is 0. The van der Waals surface area contributed by atoms with E-state index < -0.39 is 0 Å². The van der Waals surface area contributed by atoms with Crippen molar-refractivity contribution in [3.8, 4) is 22.5 Å². The molecule has 0 atom stereocenters. The molecule has 0 saturated carbocycles. The summed E-state index contributed by atoms with van der Waals surface area (Å²) in [5.74, 6) is 0. The summed E-state index contributed by atoms with van der Waals surface area (Å²) in [4.78, 5) is 0. The van der Waals surface area contributed by atoms with Gasteiger partial charge in [0.2, 0.25) is 0 Å². The van der Waals surface area contributed by atoms with Crippen molar-refractivity contribution in [2.75, 3.05) is 0 Å². The molecule has 0 radical (unpaired) electrons. The van der Waals surface area contributed by atoms with Crippen molar-refractivity contribution in [1.29, 1.82) is 0 Å². The number of rotatable bonds is 3. The van der Waals surface area contributed by atoms with Gasteiger partial charge in [0.25, 0.3) is 0 Å². The number of nitrogens with zero attached hydrogens (tertiary/aromatic N) is 2. The van der Waals surface area contributed by atoms with E-state index in [-0.39, 0.29) is 0 Å². The first-order valence-electron chi connectivity index (χ1n) is 18.7. The second-order valence-corrected chi connectivity index (χ2v) is 14.5. The molecular weight excluding hydrogens is 653 g/mol. The SMILES string of the molecule is c1ccc2c(-n3c4ccccc4c4c5ccc(-c6ccc7c(ccc8c7c7ccccc7n8-c7cccc8ccccc78)c6)cc5ccc43)cccc2c1. The zero-order valence-corrected chi connectivity index (χ0v) is 29.4. The summed E-state index contributed by atoms with van der Waals surface area (Å²) in [5.41, 5.74) is 9.77. The van der Waals surface area contributed by atoms with E-state index in [1.54, 1.807) is 0 Å². The van der Waals surface area contributed by atoms with E-state index in [0.717, 1.165) is 0 Å². The van der Waals surface area contributed by atoms with Gasteiger partial charge >= 0.3 is 0 Å². The van der Waals surface area contributed by atoms with Crippen LogP contribution in [0.15, 0.2) is 194 Å². The van der Waals surface area contributed by atoms with Gasteiger partial charge in [-0.25, -0.2) is 0 Å². The van der Waals surface area contributed by atoms with Gasteiger partial charge in [0.1, 0.15) is 0 Å². The van der Waals surface area contributed by atoms with Crippen LogP contribution in [0, 0.1) is 0 Å². The summed E-state index contributed by atoms with van der Waals surface area (Å²) in [6.07, 6.45) is 0. The van der Waals surface area contributed by atoms with Crippen molar-refractivity contribution in [3.63, 3.8) is 0 Å². The molecule has 2 nitrogen and oxygen atoms in total. The Hall–Kier alpha value is -7.16. The van der Waals surface area contributed by atoms with Crippen LogP contribution in [0.3, 0.4) is 0 Å². The normalized spacial score (nSPS) is 12.1. The van der Waals surface area contributed by atoms with Crippen LogP contribution in [0.1, 0.15) is 0 Å². The molecule has 0 amide bonds. The molecule has 10 aromatic carbocycles. The molecule has 2 heteroatoms. The molecule has 250 valence electrons. The quantitative estimate of drug-likeness (QED) is 0.175. The van der Waals surface area contributed by atoms with E-state index in [0.29, 0.717) is 0 Å². The fourth-order valence-electron chi connectivity index (χ4n) is 9.28. The Bertz CT molecular complexity index is 3260. The number of aromatic nitrogens is 2. The van der Waals surface area contributed by atoms with E-state index in [2.05, 4.69) is 203 Å². The standard InChI is InChI=1S/C52H32N2/c1-3-15-39-33(11-1)13-9-21-45(39)53-47-19-7-5-17-43(47)51-41-27-23-35(31-37(41)25-29-49(51)53)36-24-28-42-38(32-36)26-30-50-52(42)44-18-6-8-20-48(44)54(50)46-22-10-14-34-12-2-4-16-40(34)46/h1-32H. The molecule has 0 aliphatic rings. The first-order chi connectivity index (χ1) is 26.8. The Balaban J connectivity index is 1.03. The van der Waals surface area contributed by atoms with E-state index in [1.807, 2.05) is 0 Å². The average Bonchev–Trinajstić information content (AvgIpc) is 3.76. The van der Waals surface area contributed by atoms with Crippen LogP contribution < -0.4 is 0 Å². The molecule has 0 aliphatic carbocycles. The summed E-state index contributed by atoms with van der Waals surface area (Å²) < 4.78 is 4.89. The Labute approximate surface area is 311 Å². The van der Waals surface area contributed by atoms with Crippen LogP contribution in [-0.4, -0.2) is 9.13 Å². The molecule has 12 rings (SSSR count). The highest BCUT2D eigenvalue weighted by atomic mass is 15.0. The zero-order valence-electron chi connectivity index (χ0n) is 29.4. The van der Waals surface area contributed by atoms with Crippen molar-refractivity contribution in [2.24, 2.45) is 0 Å². The van der Waals surface area contributed by atoms with Gasteiger partial charge in [0.15, 0.2) is 0 Å². The predicted octanol–water partition coefficient (Wildman–Crippen LogP) is 14.2. The van der Waals surface area contributed by atoms with Gasteiger partial charge in [-0.3, -0.25) is 0 Å². The molecule has 0 unspecified atom stereocenters. The summed E-state index contributed by atoms with van der Waals surface area (Å²) >= 11 is 0. The second-order valence-electron chi connectivity index (χ2n) is 14.5. The van der Waals surface area contributed by atoms with E-state index in [1.165, 1.54) is 109 Å². The summed E-state index contributed by atoms with van der Waals surface area (Å²) in [6.45, 7) is 0. The van der Waals surface area contributed by atoms with Gasteiger partial charge < -0.3 is 9.13 Å². The molecule has 2 heterocycles. The van der Waals surface area contributed by atoms with Crippen LogP contribution >= 0.6 is 0 Å². The third-order valence-corrected chi connectivity index (χ3v) is 11.7. The van der Waals surface area contributed by atoms with E-state index in [4.69, 9.17) is 0 Å². The minimum atomic E-state index is 1.21. The molecule has 2 aromatic heterocycles. The van der Waals surface area contributed by atoms with Gasteiger partial charge in [-0.1, -0.05) is 146 Å². The number of hydrogen-bond acceptors (Lipinski definition) is 0. The lowest BCUT2D eigenvalue weighted by Gasteiger charge is -2.12. The second kappa shape index (κ2) is 11.2. The molecule has 12 aromatic rings. The van der Waals surface area contributed by atoms with E-state index in [9.17, 15) is 0 Å². The third-order valence-electron chi connectivity index (χ3n) is 11.7. The summed E-state index contributed by atoms with van der Waals surface area (Å²) in [6, 6.07) is 71.5. The van der Waals surface area contributed by atoms with Crippen molar-refractivity contribution in [2.45, 2.75) is 0 Å². The first-order valence-corrected chi connectivity index (χ1v) is 18.7. The average molecular weight is 685 g/mol. The molecule has 0 N–H and O–H groups in total. The number of fused-ring (bicyclic) bond motifs is 12. The molecule has 54 heavy (non-hydrogen) atoms. The largest absolute Gasteiger partial charge is 0.309 e. The van der Waals surface area contributed by atoms with Crippen molar-refractivity contribution in [1.82, 2.24) is 9.13 Å². The van der Waals surface area contributed by atoms with Crippen LogP contribution in [-0.2, 0) is 0 Å². The van der Waals surface area contributed by atoms with Crippen LogP contribution in [0.25, 0.3) is 109 Å². The predicted molar refractivity (Wildman–Crippen MR) is 231 cm³/mol. The van der Waals surface area contributed by atoms with Crippen molar-refractivity contribution in [3.05, 3.63) is 194 Å². The maximum Gasteiger partial charge on any atom is 0.0547 e. The Kier molecular flexibility index (Phi) is 6.09. The monoisotopic (exact) mass is 684 g/mol. The lowest BCUT2D eigenvalue weighted by atomic mass is 9.95. The van der Waals surface area contributed by atoms with Gasteiger partial charge in [-0.15, -0.1) is 0 Å². The van der Waals surface area contributed by atoms with Crippen molar-refractivity contribution < 1.29 is 0 Å². The molecule has 0 spiro atoms. The fraction of sp³-hybridized carbons (Fsp3) is 0. The summed E-state index contributed by atoms with van der Waals surface area (Å²) in [7, 11) is 0. The lowest BCUT2D eigenvalue weighted by molar-refractivity contribution is 1.20. The number of para-hydroxylation sites is 2. The molecule has 0 aliphatic heterocycles. The highest BCUT2D eigenvalue weighted by Crippen LogP contribution is 2.42. The third kappa shape index (κ3) is 4.11. The van der Waals surface area contributed by atoms with Gasteiger partial charge in [0.05, 0.1) is 33.4 Å². The van der Waals surface area contributed by atoms with Crippen molar-refractivity contribution >= 4 is 86.7 Å². The van der Waals surface area contributed by atoms with Gasteiger partial charge in [-0.05, 0) is 92.0 Å². The first kappa shape index (κ1) is 29.4. The van der Waals surface area contributed by atoms with Gasteiger partial charge in [-0.2, -0.15) is 0 Å². The maximum absolute atomic E-state index is 2.45. The topological polar surface area (TPSA) is 9.86 Å². The molecular formula is C52H32N2. The van der Waals surface area contributed by atoms with Crippen LogP contribution in [0.5, 0.6) is 0 Å². The Morgan fingerprint density at radius 2 is 0.648 bits per heavy atom. The van der Waals surface area contributed by atoms with Gasteiger partial charge in [0, 0.05) is 32.3 Å². The number of benzene rings is 10. The lowest BCUT2D eigenvalue weighted by Crippen LogP contribution is -1.95. The van der Waals surface area contributed by atoms with Crippen LogP contribution in [0.2, 0.25) is 0 Å². The minimum absolute atomic E-state index is 1.21. The minimum Gasteiger partial charge on any atom is -0.309 e. The smallest absolute Gasteiger partial charge is 0.0547 e. The fourth-order valence-corrected chi connectivity index (χ4v) is 9.28. The van der Waals surface area contributed by atoms with Crippen LogP contribution in [0.4, 0.5) is 0 Å². The highest BCUT2D eigenvalue weighted by Gasteiger charge is 2.18. The molecule has 0 saturated heterocycles. The zero-order chi connectivity index (χ0) is 35.3. The Morgan fingerprint density at radius 1 is 0.241 bits per heavy atom. The maximum atomic E-state index is 2.45. The van der Waals surface area contributed by atoms with E-state index >= 15 is 0 Å². The molecule has 0 fully saturated rings.